The summed E-state index contributed by atoms with van der Waals surface area (Å²) in [7, 11) is 0.971. The summed E-state index contributed by atoms with van der Waals surface area (Å²) < 4.78 is 47.5. The van der Waals surface area contributed by atoms with Crippen molar-refractivity contribution in [2.24, 2.45) is 0 Å². The van der Waals surface area contributed by atoms with E-state index in [0.29, 0.717) is 17.2 Å². The fourth-order valence-corrected chi connectivity index (χ4v) is 3.73. The normalized spacial score (nSPS) is 12.1. The number of sulfonamides is 1. The Morgan fingerprint density at radius 1 is 1.00 bits per heavy atom. The van der Waals surface area contributed by atoms with Crippen LogP contribution in [-0.2, 0) is 19.6 Å². The second-order valence-corrected chi connectivity index (χ2v) is 8.32. The Morgan fingerprint density at radius 3 is 2.29 bits per heavy atom. The molecular formula is C21H28N2O7S. The molecule has 2 rings (SSSR count). The summed E-state index contributed by atoms with van der Waals surface area (Å²) in [6.07, 6.45) is 0. The summed E-state index contributed by atoms with van der Waals surface area (Å²) in [5, 5.41) is 2.84. The predicted molar refractivity (Wildman–Crippen MR) is 115 cm³/mol. The molecule has 0 heterocycles. The maximum atomic E-state index is 12.2. The maximum Gasteiger partial charge on any atom is 0.258 e. The van der Waals surface area contributed by atoms with Crippen molar-refractivity contribution in [1.29, 1.82) is 0 Å². The van der Waals surface area contributed by atoms with Crippen LogP contribution in [0.25, 0.3) is 0 Å². The Kier molecular flexibility index (Phi) is 9.10. The smallest absolute Gasteiger partial charge is 0.258 e. The van der Waals surface area contributed by atoms with Crippen LogP contribution in [-0.4, -0.2) is 55.4 Å². The molecule has 0 spiro atoms. The summed E-state index contributed by atoms with van der Waals surface area (Å²) in [4.78, 5) is 12.3. The van der Waals surface area contributed by atoms with Crippen LogP contribution < -0.4 is 24.2 Å². The number of rotatable bonds is 12. The van der Waals surface area contributed by atoms with Crippen molar-refractivity contribution in [2.75, 3.05) is 41.1 Å². The molecule has 0 fully saturated rings. The molecule has 0 bridgehead atoms. The van der Waals surface area contributed by atoms with E-state index in [2.05, 4.69) is 10.0 Å². The summed E-state index contributed by atoms with van der Waals surface area (Å²) in [6, 6.07) is 10.9. The molecule has 0 aliphatic carbocycles. The molecule has 170 valence electrons. The van der Waals surface area contributed by atoms with E-state index in [1.165, 1.54) is 31.4 Å². The zero-order chi connectivity index (χ0) is 22.9. The number of amides is 1. The van der Waals surface area contributed by atoms with Gasteiger partial charge >= 0.3 is 0 Å². The highest BCUT2D eigenvalue weighted by molar-refractivity contribution is 7.89. The molecule has 0 aliphatic heterocycles. The van der Waals surface area contributed by atoms with Gasteiger partial charge in [0.05, 0.1) is 31.8 Å². The summed E-state index contributed by atoms with van der Waals surface area (Å²) in [6.45, 7) is 2.08. The minimum absolute atomic E-state index is 0.0995. The van der Waals surface area contributed by atoms with Crippen molar-refractivity contribution >= 4 is 15.9 Å². The third kappa shape index (κ3) is 7.12. The molecule has 10 heteroatoms. The average Bonchev–Trinajstić information content (AvgIpc) is 2.77. The van der Waals surface area contributed by atoms with Gasteiger partial charge < -0.3 is 24.3 Å². The van der Waals surface area contributed by atoms with Crippen molar-refractivity contribution < 1.29 is 32.2 Å². The van der Waals surface area contributed by atoms with Crippen molar-refractivity contribution in [3.05, 3.63) is 48.0 Å². The SMILES string of the molecule is COCCNS(=O)(=O)c1ccc(OCC(=O)N[C@H](C)c2ccc(OC)c(OC)c2)cc1. The molecule has 0 radical (unpaired) electrons. The van der Waals surface area contributed by atoms with Crippen LogP contribution in [0, 0.1) is 0 Å². The molecule has 0 saturated heterocycles. The molecule has 2 N–H and O–H groups in total. The average molecular weight is 453 g/mol. The lowest BCUT2D eigenvalue weighted by Crippen LogP contribution is -2.31. The van der Waals surface area contributed by atoms with Gasteiger partial charge in [-0.05, 0) is 48.9 Å². The maximum absolute atomic E-state index is 12.2. The molecular weight excluding hydrogens is 424 g/mol. The molecule has 31 heavy (non-hydrogen) atoms. The Morgan fingerprint density at radius 2 is 1.68 bits per heavy atom. The van der Waals surface area contributed by atoms with Crippen molar-refractivity contribution in [1.82, 2.24) is 10.0 Å². The first kappa shape index (κ1) is 24.4. The monoisotopic (exact) mass is 452 g/mol. The van der Waals surface area contributed by atoms with E-state index in [1.807, 2.05) is 13.0 Å². The van der Waals surface area contributed by atoms with E-state index in [4.69, 9.17) is 18.9 Å². The molecule has 0 aromatic heterocycles. The summed E-state index contributed by atoms with van der Waals surface area (Å²) in [5.41, 5.74) is 0.849. The first-order valence-electron chi connectivity index (χ1n) is 9.53. The number of benzene rings is 2. The highest BCUT2D eigenvalue weighted by Crippen LogP contribution is 2.29. The number of methoxy groups -OCH3 is 3. The van der Waals surface area contributed by atoms with Gasteiger partial charge in [-0.3, -0.25) is 4.79 Å². The second-order valence-electron chi connectivity index (χ2n) is 6.55. The Hall–Kier alpha value is -2.82. The van der Waals surface area contributed by atoms with Crippen molar-refractivity contribution in [3.63, 3.8) is 0 Å². The Balaban J connectivity index is 1.89. The van der Waals surface area contributed by atoms with Crippen molar-refractivity contribution in [2.45, 2.75) is 17.9 Å². The van der Waals surface area contributed by atoms with Crippen molar-refractivity contribution in [3.8, 4) is 17.2 Å². The van der Waals surface area contributed by atoms with Crippen LogP contribution >= 0.6 is 0 Å². The number of carbonyl (C=O) groups is 1. The Bertz CT molecular complexity index is 962. The van der Waals surface area contributed by atoms with E-state index in [9.17, 15) is 13.2 Å². The van der Waals surface area contributed by atoms with Gasteiger partial charge in [-0.25, -0.2) is 13.1 Å². The minimum atomic E-state index is -3.62. The summed E-state index contributed by atoms with van der Waals surface area (Å²) in [5.74, 6) is 1.24. The van der Waals surface area contributed by atoms with Gasteiger partial charge in [0.25, 0.3) is 5.91 Å². The zero-order valence-corrected chi connectivity index (χ0v) is 18.8. The van der Waals surface area contributed by atoms with Crippen LogP contribution in [0.4, 0.5) is 0 Å². The third-order valence-corrected chi connectivity index (χ3v) is 5.86. The van der Waals surface area contributed by atoms with E-state index < -0.39 is 10.0 Å². The van der Waals surface area contributed by atoms with Gasteiger partial charge in [0, 0.05) is 13.7 Å². The number of ether oxygens (including phenoxy) is 4. The zero-order valence-electron chi connectivity index (χ0n) is 18.0. The van der Waals surface area contributed by atoms with Crippen LogP contribution in [0.15, 0.2) is 47.4 Å². The van der Waals surface area contributed by atoms with Crippen LogP contribution in [0.1, 0.15) is 18.5 Å². The Labute approximate surface area is 182 Å². The fraction of sp³-hybridized carbons (Fsp3) is 0.381. The molecule has 2 aromatic carbocycles. The molecule has 0 aliphatic rings. The largest absolute Gasteiger partial charge is 0.493 e. The molecule has 1 atom stereocenters. The molecule has 1 amide bonds. The van der Waals surface area contributed by atoms with Gasteiger partial charge in [0.15, 0.2) is 18.1 Å². The van der Waals surface area contributed by atoms with E-state index in [-0.39, 0.29) is 36.6 Å². The fourth-order valence-electron chi connectivity index (χ4n) is 2.71. The van der Waals surface area contributed by atoms with E-state index in [1.54, 1.807) is 26.4 Å². The van der Waals surface area contributed by atoms with Gasteiger partial charge in [0.2, 0.25) is 10.0 Å². The molecule has 9 nitrogen and oxygen atoms in total. The van der Waals surface area contributed by atoms with Gasteiger partial charge in [-0.15, -0.1) is 0 Å². The molecule has 0 unspecified atom stereocenters. The number of hydrogen-bond donors (Lipinski definition) is 2. The van der Waals surface area contributed by atoms with Gasteiger partial charge in [-0.2, -0.15) is 0 Å². The van der Waals surface area contributed by atoms with E-state index in [0.717, 1.165) is 5.56 Å². The van der Waals surface area contributed by atoms with Crippen LogP contribution in [0.3, 0.4) is 0 Å². The predicted octanol–water partition coefficient (Wildman–Crippen LogP) is 1.88. The number of nitrogens with one attached hydrogen (secondary N) is 2. The first-order chi connectivity index (χ1) is 14.8. The lowest BCUT2D eigenvalue weighted by molar-refractivity contribution is -0.123. The second kappa shape index (κ2) is 11.5. The lowest BCUT2D eigenvalue weighted by Gasteiger charge is -2.17. The first-order valence-corrected chi connectivity index (χ1v) is 11.0. The number of carbonyl (C=O) groups excluding carboxylic acids is 1. The quantitative estimate of drug-likeness (QED) is 0.473. The highest BCUT2D eigenvalue weighted by Gasteiger charge is 2.15. The highest BCUT2D eigenvalue weighted by atomic mass is 32.2. The third-order valence-electron chi connectivity index (χ3n) is 4.39. The number of hydrogen-bond acceptors (Lipinski definition) is 7. The van der Waals surface area contributed by atoms with Gasteiger partial charge in [0.1, 0.15) is 5.75 Å². The lowest BCUT2D eigenvalue weighted by atomic mass is 10.1. The van der Waals surface area contributed by atoms with Gasteiger partial charge in [-0.1, -0.05) is 6.07 Å². The summed E-state index contributed by atoms with van der Waals surface area (Å²) >= 11 is 0. The molecule has 0 saturated carbocycles. The standard InChI is InChI=1S/C21H28N2O7S/c1-15(16-5-10-19(28-3)20(13-16)29-4)23-21(24)14-30-17-6-8-18(9-7-17)31(25,26)22-11-12-27-2/h5-10,13,15,22H,11-12,14H2,1-4H3,(H,23,24)/t15-/m1/s1. The minimum Gasteiger partial charge on any atom is -0.493 e. The van der Waals surface area contributed by atoms with E-state index >= 15 is 0 Å². The topological polar surface area (TPSA) is 112 Å². The van der Waals surface area contributed by atoms with Crippen LogP contribution in [0.2, 0.25) is 0 Å². The molecule has 2 aromatic rings. The van der Waals surface area contributed by atoms with Crippen LogP contribution in [0.5, 0.6) is 17.2 Å².